The van der Waals surface area contributed by atoms with Crippen LogP contribution in [0.2, 0.25) is 0 Å². The Morgan fingerprint density at radius 1 is 0.886 bits per heavy atom. The monoisotopic (exact) mass is 494 g/mol. The van der Waals surface area contributed by atoms with Crippen molar-refractivity contribution < 1.29 is 18.9 Å². The van der Waals surface area contributed by atoms with Crippen molar-refractivity contribution in [3.05, 3.63) is 18.2 Å². The van der Waals surface area contributed by atoms with Crippen molar-refractivity contribution in [1.29, 1.82) is 0 Å². The first-order valence-electron chi connectivity index (χ1n) is 12.9. The number of piperazine rings is 1. The van der Waals surface area contributed by atoms with E-state index in [1.807, 2.05) is 6.20 Å². The number of aromatic amines is 1. The second kappa shape index (κ2) is 20.6. The number of nitrogens with two attached hydrogens (primary N) is 1. The van der Waals surface area contributed by atoms with Gasteiger partial charge in [-0.15, -0.1) is 6.42 Å². The molecular weight excluding hydrogens is 448 g/mol. The summed E-state index contributed by atoms with van der Waals surface area (Å²) < 4.78 is 21.8. The fraction of sp³-hybridized carbons (Fsp3) is 0.800. The zero-order valence-corrected chi connectivity index (χ0v) is 21.4. The van der Waals surface area contributed by atoms with Gasteiger partial charge in [-0.2, -0.15) is 0 Å². The number of nitrogens with one attached hydrogen (secondary N) is 1. The maximum Gasteiger partial charge on any atom is 0.107 e. The molecule has 0 saturated carbocycles. The number of nitrogens with zero attached hydrogens (tertiary/aromatic N) is 4. The van der Waals surface area contributed by atoms with Gasteiger partial charge in [-0.05, 0) is 39.0 Å². The second-order valence-electron chi connectivity index (χ2n) is 8.63. The number of aromatic nitrogens is 2. The predicted molar refractivity (Wildman–Crippen MR) is 137 cm³/mol. The molecule has 10 heteroatoms. The molecule has 2 heterocycles. The molecule has 0 aromatic carbocycles. The molecule has 1 aromatic heterocycles. The molecule has 200 valence electrons. The van der Waals surface area contributed by atoms with Gasteiger partial charge in [0.05, 0.1) is 52.6 Å². The molecule has 0 atom stereocenters. The standard InChI is InChI=1S/C25H46N6O4/c1-2-14-32-16-18-34-20-21-35-19-17-33-15-13-30-11-9-29(10-12-30)7-4-8-31(6-3-5-26)23-25-22-27-24-28-25/h1,22,24H,3-21,23,26H2,(H,27,28). The van der Waals surface area contributed by atoms with E-state index < -0.39 is 0 Å². The van der Waals surface area contributed by atoms with Crippen LogP contribution in [-0.4, -0.2) is 136 Å². The van der Waals surface area contributed by atoms with E-state index in [9.17, 15) is 0 Å². The Kier molecular flexibility index (Phi) is 17.5. The Balaban J connectivity index is 1.40. The lowest BCUT2D eigenvalue weighted by atomic mass is 10.2. The Morgan fingerprint density at radius 3 is 2.09 bits per heavy atom. The first-order valence-corrected chi connectivity index (χ1v) is 12.9. The van der Waals surface area contributed by atoms with E-state index in [1.165, 1.54) is 6.42 Å². The second-order valence-corrected chi connectivity index (χ2v) is 8.63. The molecule has 2 rings (SSSR count). The third-order valence-corrected chi connectivity index (χ3v) is 5.89. The van der Waals surface area contributed by atoms with E-state index in [1.54, 1.807) is 6.33 Å². The molecule has 0 radical (unpaired) electrons. The molecule has 0 amide bonds. The molecule has 10 nitrogen and oxygen atoms in total. The Hall–Kier alpha value is -1.55. The summed E-state index contributed by atoms with van der Waals surface area (Å²) >= 11 is 0. The SMILES string of the molecule is C#CCOCCOCCOCCOCCN1CCN(CCCN(CCCN)Cc2cnc[nH]2)CC1. The number of H-pyrrole nitrogens is 1. The topological polar surface area (TPSA) is 101 Å². The van der Waals surface area contributed by atoms with Gasteiger partial charge < -0.3 is 34.6 Å². The first-order chi connectivity index (χ1) is 17.3. The minimum absolute atomic E-state index is 0.329. The molecule has 0 unspecified atom stereocenters. The van der Waals surface area contributed by atoms with Gasteiger partial charge in [-0.1, -0.05) is 5.92 Å². The number of hydrogen-bond donors (Lipinski definition) is 2. The number of hydrogen-bond acceptors (Lipinski definition) is 9. The van der Waals surface area contributed by atoms with Crippen molar-refractivity contribution >= 4 is 0 Å². The highest BCUT2D eigenvalue weighted by molar-refractivity contribution is 4.93. The van der Waals surface area contributed by atoms with Crippen LogP contribution in [0.3, 0.4) is 0 Å². The van der Waals surface area contributed by atoms with Crippen LogP contribution in [0.25, 0.3) is 0 Å². The first kappa shape index (κ1) is 29.7. The van der Waals surface area contributed by atoms with Gasteiger partial charge >= 0.3 is 0 Å². The molecule has 1 aliphatic heterocycles. The largest absolute Gasteiger partial charge is 0.378 e. The van der Waals surface area contributed by atoms with E-state index in [0.717, 1.165) is 84.2 Å². The molecule has 35 heavy (non-hydrogen) atoms. The van der Waals surface area contributed by atoms with Gasteiger partial charge in [0.25, 0.3) is 0 Å². The number of imidazole rings is 1. The number of terminal acetylenes is 1. The normalized spacial score (nSPS) is 15.1. The van der Waals surface area contributed by atoms with Crippen LogP contribution in [0.15, 0.2) is 12.5 Å². The fourth-order valence-electron chi connectivity index (χ4n) is 3.94. The molecule has 0 aliphatic carbocycles. The van der Waals surface area contributed by atoms with Gasteiger partial charge in [-0.25, -0.2) is 4.98 Å². The third kappa shape index (κ3) is 15.2. The van der Waals surface area contributed by atoms with Crippen molar-refractivity contribution in [2.75, 3.05) is 112 Å². The lowest BCUT2D eigenvalue weighted by Crippen LogP contribution is -2.47. The Bertz CT molecular complexity index is 634. The Morgan fingerprint density at radius 2 is 1.49 bits per heavy atom. The molecule has 3 N–H and O–H groups in total. The average molecular weight is 495 g/mol. The maximum absolute atomic E-state index is 5.72. The summed E-state index contributed by atoms with van der Waals surface area (Å²) in [5.41, 5.74) is 6.88. The van der Waals surface area contributed by atoms with Crippen LogP contribution in [0.1, 0.15) is 18.5 Å². The van der Waals surface area contributed by atoms with Crippen LogP contribution in [0.4, 0.5) is 0 Å². The van der Waals surface area contributed by atoms with Gasteiger partial charge in [0, 0.05) is 51.2 Å². The van der Waals surface area contributed by atoms with E-state index in [2.05, 4.69) is 30.6 Å². The summed E-state index contributed by atoms with van der Waals surface area (Å²) in [5, 5.41) is 0. The summed E-state index contributed by atoms with van der Waals surface area (Å²) in [5.74, 6) is 2.42. The highest BCUT2D eigenvalue weighted by Gasteiger charge is 2.16. The van der Waals surface area contributed by atoms with Crippen molar-refractivity contribution in [1.82, 2.24) is 24.7 Å². The van der Waals surface area contributed by atoms with Crippen molar-refractivity contribution in [2.45, 2.75) is 19.4 Å². The highest BCUT2D eigenvalue weighted by Crippen LogP contribution is 2.06. The minimum Gasteiger partial charge on any atom is -0.378 e. The summed E-state index contributed by atoms with van der Waals surface area (Å²) in [6.45, 7) is 14.8. The molecular formula is C25H46N6O4. The van der Waals surface area contributed by atoms with E-state index >= 15 is 0 Å². The van der Waals surface area contributed by atoms with Crippen LogP contribution in [0.5, 0.6) is 0 Å². The van der Waals surface area contributed by atoms with Crippen molar-refractivity contribution in [3.63, 3.8) is 0 Å². The molecule has 1 fully saturated rings. The van der Waals surface area contributed by atoms with Crippen molar-refractivity contribution in [3.8, 4) is 12.3 Å². The zero-order valence-electron chi connectivity index (χ0n) is 21.4. The van der Waals surface area contributed by atoms with Gasteiger partial charge in [0.15, 0.2) is 0 Å². The third-order valence-electron chi connectivity index (χ3n) is 5.89. The van der Waals surface area contributed by atoms with E-state index in [0.29, 0.717) is 46.2 Å². The lowest BCUT2D eigenvalue weighted by molar-refractivity contribution is -0.00261. The van der Waals surface area contributed by atoms with Crippen LogP contribution in [0, 0.1) is 12.3 Å². The van der Waals surface area contributed by atoms with Crippen LogP contribution in [-0.2, 0) is 25.5 Å². The summed E-state index contributed by atoms with van der Waals surface area (Å²) in [6.07, 6.45) is 11.0. The van der Waals surface area contributed by atoms with E-state index in [4.69, 9.17) is 31.1 Å². The molecule has 0 spiro atoms. The zero-order chi connectivity index (χ0) is 24.8. The maximum atomic E-state index is 5.72. The summed E-state index contributed by atoms with van der Waals surface area (Å²) in [6, 6.07) is 0. The highest BCUT2D eigenvalue weighted by atomic mass is 16.6. The average Bonchev–Trinajstić information content (AvgIpc) is 3.39. The van der Waals surface area contributed by atoms with Crippen LogP contribution < -0.4 is 5.73 Å². The van der Waals surface area contributed by atoms with E-state index in [-0.39, 0.29) is 0 Å². The quantitative estimate of drug-likeness (QED) is 0.174. The van der Waals surface area contributed by atoms with Gasteiger partial charge in [-0.3, -0.25) is 9.80 Å². The van der Waals surface area contributed by atoms with Crippen LogP contribution >= 0.6 is 0 Å². The predicted octanol–water partition coefficient (Wildman–Crippen LogP) is 0.268. The molecule has 0 bridgehead atoms. The number of ether oxygens (including phenoxy) is 4. The fourth-order valence-corrected chi connectivity index (χ4v) is 3.94. The number of rotatable bonds is 22. The summed E-state index contributed by atoms with van der Waals surface area (Å²) in [7, 11) is 0. The molecule has 1 aliphatic rings. The van der Waals surface area contributed by atoms with Crippen molar-refractivity contribution in [2.24, 2.45) is 5.73 Å². The Labute approximate surface area is 211 Å². The summed E-state index contributed by atoms with van der Waals surface area (Å²) in [4.78, 5) is 14.9. The minimum atomic E-state index is 0.329. The lowest BCUT2D eigenvalue weighted by Gasteiger charge is -2.35. The molecule has 1 saturated heterocycles. The smallest absolute Gasteiger partial charge is 0.107 e. The van der Waals surface area contributed by atoms with Gasteiger partial charge in [0.2, 0.25) is 0 Å². The molecule has 1 aromatic rings. The van der Waals surface area contributed by atoms with Gasteiger partial charge in [0.1, 0.15) is 6.61 Å².